The van der Waals surface area contributed by atoms with Gasteiger partial charge in [0, 0.05) is 43.8 Å². The normalized spacial score (nSPS) is 27.4. The molecule has 0 radical (unpaired) electrons. The standard InChI is InChI=1S/C15H23N3O/c1-11(2)17-9-13-7-14(10-17)18(13)8-12-5-4-6-15(16-12)19-3/h4-6,11,13-14H,7-10H2,1-3H3. The first-order valence-corrected chi connectivity index (χ1v) is 7.17. The first-order chi connectivity index (χ1) is 9.17. The number of piperidine rings is 1. The van der Waals surface area contributed by atoms with Crippen LogP contribution in [0.25, 0.3) is 0 Å². The smallest absolute Gasteiger partial charge is 0.213 e. The number of likely N-dealkylation sites (tertiary alicyclic amines) is 2. The molecule has 3 rings (SSSR count). The molecule has 2 bridgehead atoms. The monoisotopic (exact) mass is 261 g/mol. The van der Waals surface area contributed by atoms with Crippen LogP contribution < -0.4 is 4.74 Å². The lowest BCUT2D eigenvalue weighted by Gasteiger charge is -2.57. The highest BCUT2D eigenvalue weighted by molar-refractivity contribution is 5.16. The van der Waals surface area contributed by atoms with Gasteiger partial charge in [0.05, 0.1) is 12.8 Å². The highest BCUT2D eigenvalue weighted by Gasteiger charge is 2.44. The predicted octanol–water partition coefficient (Wildman–Crippen LogP) is 1.76. The summed E-state index contributed by atoms with van der Waals surface area (Å²) in [5.74, 6) is 0.715. The van der Waals surface area contributed by atoms with Crippen molar-refractivity contribution in [2.24, 2.45) is 0 Å². The zero-order valence-corrected chi connectivity index (χ0v) is 12.0. The van der Waals surface area contributed by atoms with Gasteiger partial charge in [-0.05, 0) is 26.3 Å². The zero-order valence-electron chi connectivity index (χ0n) is 12.0. The molecule has 0 spiro atoms. The first-order valence-electron chi connectivity index (χ1n) is 7.17. The number of aromatic nitrogens is 1. The molecule has 3 heterocycles. The molecule has 2 unspecified atom stereocenters. The number of pyridine rings is 1. The van der Waals surface area contributed by atoms with Crippen molar-refractivity contribution in [2.75, 3.05) is 20.2 Å². The van der Waals surface area contributed by atoms with Gasteiger partial charge in [0.25, 0.3) is 0 Å². The van der Waals surface area contributed by atoms with Gasteiger partial charge in [-0.3, -0.25) is 9.80 Å². The minimum Gasteiger partial charge on any atom is -0.481 e. The summed E-state index contributed by atoms with van der Waals surface area (Å²) in [6.07, 6.45) is 1.35. The molecule has 1 aromatic heterocycles. The van der Waals surface area contributed by atoms with Gasteiger partial charge in [-0.15, -0.1) is 0 Å². The van der Waals surface area contributed by atoms with Gasteiger partial charge in [0.1, 0.15) is 0 Å². The van der Waals surface area contributed by atoms with Gasteiger partial charge in [-0.2, -0.15) is 0 Å². The molecule has 0 amide bonds. The Bertz CT molecular complexity index is 437. The van der Waals surface area contributed by atoms with E-state index in [1.54, 1.807) is 7.11 Å². The van der Waals surface area contributed by atoms with E-state index in [-0.39, 0.29) is 0 Å². The summed E-state index contributed by atoms with van der Waals surface area (Å²) >= 11 is 0. The molecule has 0 aliphatic carbocycles. The SMILES string of the molecule is COc1cccc(CN2C3CC2CN(C(C)C)C3)n1. The third-order valence-electron chi connectivity index (χ3n) is 4.44. The summed E-state index contributed by atoms with van der Waals surface area (Å²) < 4.78 is 5.19. The Hall–Kier alpha value is -1.13. The Kier molecular flexibility index (Phi) is 3.46. The summed E-state index contributed by atoms with van der Waals surface area (Å²) in [4.78, 5) is 9.71. The Balaban J connectivity index is 1.63. The maximum atomic E-state index is 5.19. The summed E-state index contributed by atoms with van der Waals surface area (Å²) in [6.45, 7) is 7.95. The molecule has 2 aliphatic heterocycles. The average molecular weight is 261 g/mol. The van der Waals surface area contributed by atoms with Crippen molar-refractivity contribution in [2.45, 2.75) is 44.9 Å². The third kappa shape index (κ3) is 2.47. The molecule has 2 fully saturated rings. The van der Waals surface area contributed by atoms with Crippen molar-refractivity contribution in [1.82, 2.24) is 14.8 Å². The molecule has 19 heavy (non-hydrogen) atoms. The third-order valence-corrected chi connectivity index (χ3v) is 4.44. The van der Waals surface area contributed by atoms with Crippen LogP contribution in [0.5, 0.6) is 5.88 Å². The second-order valence-corrected chi connectivity index (χ2v) is 5.93. The average Bonchev–Trinajstić information content (AvgIpc) is 2.45. The summed E-state index contributed by atoms with van der Waals surface area (Å²) in [5, 5.41) is 0. The van der Waals surface area contributed by atoms with Crippen LogP contribution in [-0.2, 0) is 6.54 Å². The molecule has 104 valence electrons. The number of methoxy groups -OCH3 is 1. The Morgan fingerprint density at radius 2 is 2.05 bits per heavy atom. The lowest BCUT2D eigenvalue weighted by molar-refractivity contribution is -0.0841. The fourth-order valence-electron chi connectivity index (χ4n) is 3.25. The van der Waals surface area contributed by atoms with E-state index in [4.69, 9.17) is 4.74 Å². The minimum atomic E-state index is 0.669. The Labute approximate surface area is 115 Å². The summed E-state index contributed by atoms with van der Waals surface area (Å²) in [5.41, 5.74) is 1.12. The van der Waals surface area contributed by atoms with Crippen LogP contribution in [-0.4, -0.2) is 53.1 Å². The Morgan fingerprint density at radius 1 is 1.32 bits per heavy atom. The van der Waals surface area contributed by atoms with Crippen LogP contribution in [0.15, 0.2) is 18.2 Å². The van der Waals surface area contributed by atoms with Gasteiger partial charge < -0.3 is 4.74 Å². The number of hydrogen-bond donors (Lipinski definition) is 0. The van der Waals surface area contributed by atoms with Crippen LogP contribution in [0.2, 0.25) is 0 Å². The van der Waals surface area contributed by atoms with E-state index in [1.165, 1.54) is 19.5 Å². The van der Waals surface area contributed by atoms with Crippen molar-refractivity contribution < 1.29 is 4.74 Å². The van der Waals surface area contributed by atoms with E-state index in [0.717, 1.165) is 12.2 Å². The van der Waals surface area contributed by atoms with E-state index < -0.39 is 0 Å². The number of fused-ring (bicyclic) bond motifs is 2. The molecule has 0 saturated carbocycles. The number of hydrogen-bond acceptors (Lipinski definition) is 4. The van der Waals surface area contributed by atoms with Crippen LogP contribution in [0.4, 0.5) is 0 Å². The van der Waals surface area contributed by atoms with E-state index in [0.29, 0.717) is 24.0 Å². The molecule has 2 saturated heterocycles. The highest BCUT2D eigenvalue weighted by Crippen LogP contribution is 2.34. The highest BCUT2D eigenvalue weighted by atomic mass is 16.5. The maximum absolute atomic E-state index is 5.19. The van der Waals surface area contributed by atoms with Crippen molar-refractivity contribution in [1.29, 1.82) is 0 Å². The Morgan fingerprint density at radius 3 is 2.68 bits per heavy atom. The van der Waals surface area contributed by atoms with Gasteiger partial charge in [0.2, 0.25) is 5.88 Å². The van der Waals surface area contributed by atoms with E-state index >= 15 is 0 Å². The largest absolute Gasteiger partial charge is 0.481 e. The van der Waals surface area contributed by atoms with Crippen molar-refractivity contribution in [3.63, 3.8) is 0 Å². The molecule has 4 nitrogen and oxygen atoms in total. The van der Waals surface area contributed by atoms with Gasteiger partial charge in [-0.25, -0.2) is 4.98 Å². The molecule has 2 atom stereocenters. The van der Waals surface area contributed by atoms with Crippen LogP contribution in [0.3, 0.4) is 0 Å². The molecular formula is C15H23N3O. The molecule has 4 heteroatoms. The summed E-state index contributed by atoms with van der Waals surface area (Å²) in [7, 11) is 1.67. The second kappa shape index (κ2) is 5.10. The molecule has 0 N–H and O–H groups in total. The van der Waals surface area contributed by atoms with Crippen LogP contribution in [0, 0.1) is 0 Å². The van der Waals surface area contributed by atoms with Gasteiger partial charge in [-0.1, -0.05) is 6.07 Å². The zero-order chi connectivity index (χ0) is 13.4. The molecular weight excluding hydrogens is 238 g/mol. The lowest BCUT2D eigenvalue weighted by atomic mass is 9.86. The fourth-order valence-corrected chi connectivity index (χ4v) is 3.25. The number of ether oxygens (including phenoxy) is 1. The van der Waals surface area contributed by atoms with Gasteiger partial charge >= 0.3 is 0 Å². The number of piperazine rings is 1. The van der Waals surface area contributed by atoms with Crippen molar-refractivity contribution in [3.8, 4) is 5.88 Å². The quantitative estimate of drug-likeness (QED) is 0.826. The van der Waals surface area contributed by atoms with Crippen LogP contribution in [0.1, 0.15) is 26.0 Å². The number of nitrogens with zero attached hydrogens (tertiary/aromatic N) is 3. The number of rotatable bonds is 4. The fraction of sp³-hybridized carbons (Fsp3) is 0.667. The molecule has 0 aromatic carbocycles. The van der Waals surface area contributed by atoms with Gasteiger partial charge in [0.15, 0.2) is 0 Å². The van der Waals surface area contributed by atoms with E-state index in [2.05, 4.69) is 34.7 Å². The minimum absolute atomic E-state index is 0.669. The summed E-state index contributed by atoms with van der Waals surface area (Å²) in [6, 6.07) is 8.13. The maximum Gasteiger partial charge on any atom is 0.213 e. The second-order valence-electron chi connectivity index (χ2n) is 5.93. The lowest BCUT2D eigenvalue weighted by Crippen LogP contribution is -2.68. The molecule has 2 aliphatic rings. The topological polar surface area (TPSA) is 28.6 Å². The first kappa shape index (κ1) is 12.9. The van der Waals surface area contributed by atoms with Crippen molar-refractivity contribution >= 4 is 0 Å². The van der Waals surface area contributed by atoms with E-state index in [9.17, 15) is 0 Å². The van der Waals surface area contributed by atoms with Crippen molar-refractivity contribution in [3.05, 3.63) is 23.9 Å². The predicted molar refractivity (Wildman–Crippen MR) is 75.2 cm³/mol. The van der Waals surface area contributed by atoms with E-state index in [1.807, 2.05) is 12.1 Å². The van der Waals surface area contributed by atoms with Crippen LogP contribution >= 0.6 is 0 Å². The molecule has 1 aromatic rings.